The van der Waals surface area contributed by atoms with Crippen LogP contribution in [0.15, 0.2) is 23.2 Å². The zero-order valence-corrected chi connectivity index (χ0v) is 18.9. The molecule has 0 spiro atoms. The Hall–Kier alpha value is -1.10. The number of guanidine groups is 1. The molecule has 0 saturated heterocycles. The fourth-order valence-corrected chi connectivity index (χ4v) is 2.88. The Bertz CT molecular complexity index is 684. The molecule has 0 aliphatic carbocycles. The van der Waals surface area contributed by atoms with Crippen molar-refractivity contribution in [2.45, 2.75) is 39.8 Å². The van der Waals surface area contributed by atoms with Crippen LogP contribution in [0.2, 0.25) is 0 Å². The third-order valence-corrected chi connectivity index (χ3v) is 4.34. The van der Waals surface area contributed by atoms with Crippen LogP contribution in [0.1, 0.15) is 32.8 Å². The van der Waals surface area contributed by atoms with E-state index in [1.165, 1.54) is 12.3 Å². The van der Waals surface area contributed by atoms with Crippen molar-refractivity contribution in [3.05, 3.63) is 29.6 Å². The van der Waals surface area contributed by atoms with Crippen LogP contribution in [-0.2, 0) is 16.4 Å². The van der Waals surface area contributed by atoms with Gasteiger partial charge in [0.05, 0.1) is 18.9 Å². The van der Waals surface area contributed by atoms with Gasteiger partial charge in [-0.3, -0.25) is 0 Å². The van der Waals surface area contributed by atoms with Crippen LogP contribution < -0.4 is 15.4 Å². The van der Waals surface area contributed by atoms with E-state index in [0.29, 0.717) is 32.1 Å². The number of nitrogens with one attached hydrogen (secondary N) is 2. The molecule has 0 aliphatic heterocycles. The lowest BCUT2D eigenvalue weighted by Crippen LogP contribution is -2.42. The largest absolute Gasteiger partial charge is 0.491 e. The summed E-state index contributed by atoms with van der Waals surface area (Å²) in [6.07, 6.45) is 1.71. The van der Waals surface area contributed by atoms with Gasteiger partial charge in [0, 0.05) is 18.8 Å². The first-order valence-corrected chi connectivity index (χ1v) is 10.4. The molecule has 1 rings (SSSR count). The Labute approximate surface area is 172 Å². The van der Waals surface area contributed by atoms with Crippen molar-refractivity contribution in [1.82, 2.24) is 10.6 Å². The number of benzene rings is 1. The number of rotatable bonds is 9. The average Bonchev–Trinajstić information content (AvgIpc) is 2.53. The number of nitrogens with zero attached hydrogens (tertiary/aromatic N) is 1. The lowest BCUT2D eigenvalue weighted by Gasteiger charge is -2.17. The van der Waals surface area contributed by atoms with Gasteiger partial charge in [0.2, 0.25) is 0 Å². The lowest BCUT2D eigenvalue weighted by atomic mass is 10.2. The third kappa shape index (κ3) is 10.1. The molecule has 1 atom stereocenters. The summed E-state index contributed by atoms with van der Waals surface area (Å²) in [5.41, 5.74) is 0.724. The van der Waals surface area contributed by atoms with E-state index >= 15 is 0 Å². The third-order valence-electron chi connectivity index (χ3n) is 3.36. The maximum atomic E-state index is 13.9. The molecule has 0 amide bonds. The van der Waals surface area contributed by atoms with Crippen LogP contribution in [0.25, 0.3) is 0 Å². The van der Waals surface area contributed by atoms with Crippen molar-refractivity contribution in [3.63, 3.8) is 0 Å². The van der Waals surface area contributed by atoms with E-state index in [4.69, 9.17) is 4.74 Å². The molecule has 0 heterocycles. The Kier molecular flexibility index (Phi) is 11.8. The summed E-state index contributed by atoms with van der Waals surface area (Å²) in [6, 6.07) is 4.72. The van der Waals surface area contributed by atoms with Gasteiger partial charge in [-0.15, -0.1) is 24.0 Å². The molecule has 0 fully saturated rings. The number of sulfone groups is 1. The van der Waals surface area contributed by atoms with Gasteiger partial charge in [0.25, 0.3) is 0 Å². The van der Waals surface area contributed by atoms with E-state index in [1.807, 2.05) is 13.8 Å². The number of ether oxygens (including phenoxy) is 1. The molecule has 6 nitrogen and oxygen atoms in total. The Balaban J connectivity index is 0.00000625. The monoisotopic (exact) mass is 501 g/mol. The van der Waals surface area contributed by atoms with Crippen LogP contribution >= 0.6 is 24.0 Å². The predicted octanol–water partition coefficient (Wildman–Crippen LogP) is 2.72. The average molecular weight is 501 g/mol. The van der Waals surface area contributed by atoms with Crippen LogP contribution in [0.5, 0.6) is 5.75 Å². The van der Waals surface area contributed by atoms with E-state index in [0.717, 1.165) is 5.56 Å². The van der Waals surface area contributed by atoms with Crippen molar-refractivity contribution in [3.8, 4) is 5.75 Å². The first-order valence-electron chi connectivity index (χ1n) is 8.39. The Morgan fingerprint density at radius 1 is 1.35 bits per heavy atom. The standard InChI is InChI=1S/C17H28FN3O3S.HI/c1-5-19-17(21-13(3)9-10-25(4,22)23)20-12-14-7-8-16(24-6-2)15(18)11-14;/h7-8,11,13H,5-6,9-10,12H2,1-4H3,(H2,19,20,21);1H. The smallest absolute Gasteiger partial charge is 0.191 e. The highest BCUT2D eigenvalue weighted by molar-refractivity contribution is 14.0. The van der Waals surface area contributed by atoms with Crippen LogP contribution in [0.3, 0.4) is 0 Å². The summed E-state index contributed by atoms with van der Waals surface area (Å²) in [5, 5.41) is 6.26. The van der Waals surface area contributed by atoms with Crippen LogP contribution in [-0.4, -0.2) is 45.6 Å². The molecule has 1 aromatic rings. The van der Waals surface area contributed by atoms with Gasteiger partial charge in [0.15, 0.2) is 17.5 Å². The first-order chi connectivity index (χ1) is 11.7. The zero-order valence-electron chi connectivity index (χ0n) is 15.7. The summed E-state index contributed by atoms with van der Waals surface area (Å²) >= 11 is 0. The maximum Gasteiger partial charge on any atom is 0.191 e. The van der Waals surface area contributed by atoms with Crippen molar-refractivity contribution >= 4 is 39.8 Å². The van der Waals surface area contributed by atoms with Crippen molar-refractivity contribution in [2.75, 3.05) is 25.2 Å². The second-order valence-electron chi connectivity index (χ2n) is 5.86. The SMILES string of the molecule is CCNC(=NCc1ccc(OCC)c(F)c1)NC(C)CCS(C)(=O)=O.I. The maximum absolute atomic E-state index is 13.9. The number of hydrogen-bond donors (Lipinski definition) is 2. The Morgan fingerprint density at radius 3 is 2.58 bits per heavy atom. The quantitative estimate of drug-likeness (QED) is 0.309. The van der Waals surface area contributed by atoms with Gasteiger partial charge >= 0.3 is 0 Å². The first kappa shape index (κ1) is 24.9. The molecule has 0 aliphatic rings. The summed E-state index contributed by atoms with van der Waals surface area (Å²) in [7, 11) is -2.99. The van der Waals surface area contributed by atoms with Gasteiger partial charge < -0.3 is 15.4 Å². The lowest BCUT2D eigenvalue weighted by molar-refractivity contribution is 0.321. The molecule has 2 N–H and O–H groups in total. The zero-order chi connectivity index (χ0) is 18.9. The second-order valence-corrected chi connectivity index (χ2v) is 8.12. The summed E-state index contributed by atoms with van der Waals surface area (Å²) < 4.78 is 41.5. The van der Waals surface area contributed by atoms with Gasteiger partial charge in [-0.05, 0) is 44.9 Å². The Morgan fingerprint density at radius 2 is 2.04 bits per heavy atom. The summed E-state index contributed by atoms with van der Waals surface area (Å²) in [6.45, 7) is 7.02. The normalized spacial score (nSPS) is 12.9. The molecule has 0 saturated carbocycles. The predicted molar refractivity (Wildman–Crippen MR) is 115 cm³/mol. The molecule has 0 radical (unpaired) electrons. The highest BCUT2D eigenvalue weighted by Gasteiger charge is 2.10. The van der Waals surface area contributed by atoms with Gasteiger partial charge in [0.1, 0.15) is 9.84 Å². The van der Waals surface area contributed by atoms with Crippen LogP contribution in [0, 0.1) is 5.82 Å². The fraction of sp³-hybridized carbons (Fsp3) is 0.588. The topological polar surface area (TPSA) is 79.8 Å². The van der Waals surface area contributed by atoms with E-state index < -0.39 is 15.7 Å². The molecular formula is C17H29FIN3O3S. The molecular weight excluding hydrogens is 472 g/mol. The summed E-state index contributed by atoms with van der Waals surface area (Å²) in [5.74, 6) is 0.506. The number of hydrogen-bond acceptors (Lipinski definition) is 4. The number of halogens is 2. The van der Waals surface area contributed by atoms with Crippen molar-refractivity contribution < 1.29 is 17.5 Å². The van der Waals surface area contributed by atoms with Crippen molar-refractivity contribution in [2.24, 2.45) is 4.99 Å². The molecule has 0 bridgehead atoms. The van der Waals surface area contributed by atoms with E-state index in [9.17, 15) is 12.8 Å². The molecule has 9 heteroatoms. The minimum Gasteiger partial charge on any atom is -0.491 e. The molecule has 26 heavy (non-hydrogen) atoms. The second kappa shape index (κ2) is 12.3. The van der Waals surface area contributed by atoms with Gasteiger partial charge in [-0.25, -0.2) is 17.8 Å². The van der Waals surface area contributed by atoms with Crippen molar-refractivity contribution in [1.29, 1.82) is 0 Å². The van der Waals surface area contributed by atoms with Gasteiger partial charge in [-0.1, -0.05) is 6.07 Å². The highest BCUT2D eigenvalue weighted by atomic mass is 127. The fourth-order valence-electron chi connectivity index (χ4n) is 2.10. The minimum atomic E-state index is -2.99. The van der Waals surface area contributed by atoms with Crippen LogP contribution in [0.4, 0.5) is 4.39 Å². The molecule has 150 valence electrons. The number of aliphatic imine (C=N–C) groups is 1. The van der Waals surface area contributed by atoms with Gasteiger partial charge in [-0.2, -0.15) is 0 Å². The van der Waals surface area contributed by atoms with E-state index in [-0.39, 0.29) is 41.5 Å². The van der Waals surface area contributed by atoms with E-state index in [1.54, 1.807) is 19.1 Å². The molecule has 0 aromatic heterocycles. The highest BCUT2D eigenvalue weighted by Crippen LogP contribution is 2.18. The summed E-state index contributed by atoms with van der Waals surface area (Å²) in [4.78, 5) is 4.42. The van der Waals surface area contributed by atoms with E-state index in [2.05, 4.69) is 15.6 Å². The minimum absolute atomic E-state index is 0. The molecule has 1 unspecified atom stereocenters. The molecule has 1 aromatic carbocycles.